The van der Waals surface area contributed by atoms with Gasteiger partial charge in [-0.3, -0.25) is 0 Å². The maximum Gasteiger partial charge on any atom is 0.357 e. The molecule has 3 heteroatoms. The van der Waals surface area contributed by atoms with Gasteiger partial charge in [-0.2, -0.15) is 0 Å². The van der Waals surface area contributed by atoms with Crippen molar-refractivity contribution in [2.75, 3.05) is 0 Å². The monoisotopic (exact) mass is 382 g/mol. The van der Waals surface area contributed by atoms with Crippen LogP contribution in [0.5, 0.6) is 0 Å². The van der Waals surface area contributed by atoms with Crippen molar-refractivity contribution in [3.8, 4) is 0 Å². The molecule has 0 atom stereocenters. The van der Waals surface area contributed by atoms with Crippen LogP contribution in [0.25, 0.3) is 0 Å². The Labute approximate surface area is 131 Å². The molecule has 2 nitrogen and oxygen atoms in total. The summed E-state index contributed by atoms with van der Waals surface area (Å²) in [5.41, 5.74) is 0. The third-order valence-corrected chi connectivity index (χ3v) is 5.10. The first kappa shape index (κ1) is 16.7. The number of benzene rings is 2. The minimum absolute atomic E-state index is 0.0287. The standard InChI is InChI=1S/C12H10I.C5H10O2/c1-3-7-11(8-4-1)13-12-9-5-2-6-10-12;1-2-3-4-5(6)7/h1-10H;2-4H2,1H3,(H,6,7)/q+1;/p-1. The molecule has 0 spiro atoms. The summed E-state index contributed by atoms with van der Waals surface area (Å²) in [5.74, 6) is -0.943. The summed E-state index contributed by atoms with van der Waals surface area (Å²) in [7, 11) is 0. The number of hydrogen-bond donors (Lipinski definition) is 0. The molecule has 2 rings (SSSR count). The maximum atomic E-state index is 9.65. The Morgan fingerprint density at radius 2 is 1.40 bits per heavy atom. The summed E-state index contributed by atoms with van der Waals surface area (Å²) < 4.78 is 2.96. The first-order valence-electron chi connectivity index (χ1n) is 6.67. The van der Waals surface area contributed by atoms with Crippen molar-refractivity contribution >= 4 is 5.97 Å². The average molecular weight is 382 g/mol. The number of unbranched alkanes of at least 4 members (excludes halogenated alkanes) is 1. The highest BCUT2D eigenvalue weighted by molar-refractivity contribution is 5.63. The van der Waals surface area contributed by atoms with Crippen molar-refractivity contribution in [3.05, 3.63) is 67.8 Å². The number of carboxylic acids is 1. The fourth-order valence-electron chi connectivity index (χ4n) is 1.40. The second kappa shape index (κ2) is 10.4. The summed E-state index contributed by atoms with van der Waals surface area (Å²) in [5, 5.41) is 9.65. The zero-order valence-corrected chi connectivity index (χ0v) is 13.7. The van der Waals surface area contributed by atoms with Gasteiger partial charge in [0.2, 0.25) is 0 Å². The molecule has 2 aromatic rings. The summed E-state index contributed by atoms with van der Waals surface area (Å²) in [4.78, 5) is 9.65. The van der Waals surface area contributed by atoms with Crippen LogP contribution in [0.1, 0.15) is 26.2 Å². The Balaban J connectivity index is 0.000000246. The van der Waals surface area contributed by atoms with Crippen LogP contribution in [-0.2, 0) is 4.79 Å². The normalized spacial score (nSPS) is 9.45. The van der Waals surface area contributed by atoms with Gasteiger partial charge in [0.05, 0.1) is 0 Å². The molecule has 0 amide bonds. The molecule has 0 heterocycles. The van der Waals surface area contributed by atoms with Gasteiger partial charge in [-0.25, -0.2) is 0 Å². The Morgan fingerprint density at radius 3 is 1.70 bits per heavy atom. The first-order valence-corrected chi connectivity index (χ1v) is 8.83. The number of halogens is 1. The second-order valence-electron chi connectivity index (χ2n) is 4.16. The molecule has 0 N–H and O–H groups in total. The summed E-state index contributed by atoms with van der Waals surface area (Å²) in [6, 6.07) is 21.4. The Morgan fingerprint density at radius 1 is 0.950 bits per heavy atom. The van der Waals surface area contributed by atoms with Crippen LogP contribution in [-0.4, -0.2) is 5.97 Å². The van der Waals surface area contributed by atoms with Crippen molar-refractivity contribution in [3.63, 3.8) is 0 Å². The van der Waals surface area contributed by atoms with Crippen LogP contribution in [0.2, 0.25) is 0 Å². The Kier molecular flexibility index (Phi) is 8.71. The third kappa shape index (κ3) is 7.94. The molecule has 2 aromatic carbocycles. The van der Waals surface area contributed by atoms with Gasteiger partial charge in [0.25, 0.3) is 0 Å². The number of carbonyl (C=O) groups is 1. The fraction of sp³-hybridized carbons (Fsp3) is 0.235. The lowest BCUT2D eigenvalue weighted by Gasteiger charge is -1.95. The van der Waals surface area contributed by atoms with E-state index in [9.17, 15) is 9.90 Å². The number of carbonyl (C=O) groups excluding carboxylic acids is 1. The molecule has 0 unspecified atom stereocenters. The zero-order chi connectivity index (χ0) is 14.6. The molecule has 0 radical (unpaired) electrons. The minimum Gasteiger partial charge on any atom is -0.550 e. The average Bonchev–Trinajstić information content (AvgIpc) is 2.48. The van der Waals surface area contributed by atoms with Crippen molar-refractivity contribution in [1.29, 1.82) is 0 Å². The van der Waals surface area contributed by atoms with Gasteiger partial charge in [-0.1, -0.05) is 49.7 Å². The highest BCUT2D eigenvalue weighted by Crippen LogP contribution is 1.89. The van der Waals surface area contributed by atoms with Gasteiger partial charge < -0.3 is 9.90 Å². The number of rotatable bonds is 5. The molecule has 0 aliphatic rings. The smallest absolute Gasteiger partial charge is 0.357 e. The second-order valence-corrected chi connectivity index (χ2v) is 7.19. The van der Waals surface area contributed by atoms with Crippen LogP contribution < -0.4 is 26.3 Å². The SMILES string of the molecule is CCCCC(=O)[O-].c1ccc([I+]c2ccccc2)cc1. The number of carboxylic acid groups (broad SMARTS) is 1. The van der Waals surface area contributed by atoms with Gasteiger partial charge in [-0.05, 0) is 37.1 Å². The van der Waals surface area contributed by atoms with E-state index < -0.39 is 5.97 Å². The van der Waals surface area contributed by atoms with Crippen molar-refractivity contribution in [1.82, 2.24) is 0 Å². The minimum atomic E-state index is -0.943. The van der Waals surface area contributed by atoms with Crippen molar-refractivity contribution < 1.29 is 31.1 Å². The van der Waals surface area contributed by atoms with Gasteiger partial charge in [0.15, 0.2) is 7.14 Å². The zero-order valence-electron chi connectivity index (χ0n) is 11.6. The van der Waals surface area contributed by atoms with E-state index in [4.69, 9.17) is 0 Å². The quantitative estimate of drug-likeness (QED) is 0.669. The Bertz CT molecular complexity index is 445. The van der Waals surface area contributed by atoms with E-state index in [1.165, 1.54) is 7.14 Å². The molecule has 106 valence electrons. The molecular formula is C17H19IO2. The van der Waals surface area contributed by atoms with Gasteiger partial charge in [-0.15, -0.1) is 0 Å². The lowest BCUT2D eigenvalue weighted by atomic mass is 10.3. The maximum absolute atomic E-state index is 9.65. The summed E-state index contributed by atoms with van der Waals surface area (Å²) in [6.07, 6.45) is 1.87. The molecule has 0 fully saturated rings. The number of aliphatic carboxylic acids is 1. The summed E-state index contributed by atoms with van der Waals surface area (Å²) >= 11 is 0.0287. The molecule has 0 saturated heterocycles. The molecule has 0 aliphatic heterocycles. The molecular weight excluding hydrogens is 363 g/mol. The van der Waals surface area contributed by atoms with E-state index in [1.54, 1.807) is 0 Å². The van der Waals surface area contributed by atoms with Crippen molar-refractivity contribution in [2.24, 2.45) is 0 Å². The largest absolute Gasteiger partial charge is 0.550 e. The lowest BCUT2D eigenvalue weighted by Crippen LogP contribution is -3.61. The van der Waals surface area contributed by atoms with Gasteiger partial charge >= 0.3 is 21.2 Å². The molecule has 0 aliphatic carbocycles. The fourth-order valence-corrected chi connectivity index (χ4v) is 3.67. The topological polar surface area (TPSA) is 40.1 Å². The van der Waals surface area contributed by atoms with Crippen LogP contribution in [0, 0.1) is 7.14 Å². The Hall–Kier alpha value is -1.36. The van der Waals surface area contributed by atoms with E-state index >= 15 is 0 Å². The molecule has 20 heavy (non-hydrogen) atoms. The van der Waals surface area contributed by atoms with E-state index in [1.807, 2.05) is 6.92 Å². The van der Waals surface area contributed by atoms with Crippen LogP contribution in [0.4, 0.5) is 0 Å². The predicted molar refractivity (Wildman–Crippen MR) is 74.8 cm³/mol. The van der Waals surface area contributed by atoms with E-state index in [-0.39, 0.29) is 27.6 Å². The molecule has 0 aromatic heterocycles. The van der Waals surface area contributed by atoms with Crippen molar-refractivity contribution in [2.45, 2.75) is 26.2 Å². The van der Waals surface area contributed by atoms with E-state index in [0.717, 1.165) is 12.8 Å². The van der Waals surface area contributed by atoms with Crippen LogP contribution >= 0.6 is 0 Å². The molecule has 0 bridgehead atoms. The highest BCUT2D eigenvalue weighted by atomic mass is 127. The lowest BCUT2D eigenvalue weighted by molar-refractivity contribution is -0.597. The predicted octanol–water partition coefficient (Wildman–Crippen LogP) is -0.258. The first-order chi connectivity index (χ1) is 9.72. The molecule has 0 saturated carbocycles. The van der Waals surface area contributed by atoms with Crippen LogP contribution in [0.3, 0.4) is 0 Å². The van der Waals surface area contributed by atoms with E-state index in [0.29, 0.717) is 0 Å². The van der Waals surface area contributed by atoms with Gasteiger partial charge in [0.1, 0.15) is 0 Å². The van der Waals surface area contributed by atoms with Crippen LogP contribution in [0.15, 0.2) is 60.7 Å². The summed E-state index contributed by atoms with van der Waals surface area (Å²) in [6.45, 7) is 1.95. The number of hydrogen-bond acceptors (Lipinski definition) is 2. The van der Waals surface area contributed by atoms with E-state index in [2.05, 4.69) is 60.7 Å². The van der Waals surface area contributed by atoms with Gasteiger partial charge in [0, 0.05) is 5.97 Å². The highest BCUT2D eigenvalue weighted by Gasteiger charge is 2.12. The third-order valence-electron chi connectivity index (χ3n) is 2.42.